The normalized spacial score (nSPS) is 12.7. The summed E-state index contributed by atoms with van der Waals surface area (Å²) in [7, 11) is 0. The fraction of sp³-hybridized carbons (Fsp3) is 0.312. The first-order valence-electron chi connectivity index (χ1n) is 6.77. The highest BCUT2D eigenvalue weighted by Crippen LogP contribution is 2.23. The van der Waals surface area contributed by atoms with Gasteiger partial charge in [0.1, 0.15) is 5.82 Å². The largest absolute Gasteiger partial charge is 0.271 e. The molecule has 0 saturated heterocycles. The van der Waals surface area contributed by atoms with Crippen molar-refractivity contribution in [3.8, 4) is 0 Å². The molecule has 1 heterocycles. The molecule has 2 aromatic rings. The number of pyridine rings is 1. The highest BCUT2D eigenvalue weighted by atomic mass is 19.1. The Morgan fingerprint density at radius 2 is 2.05 bits per heavy atom. The summed E-state index contributed by atoms with van der Waals surface area (Å²) in [6.45, 7) is 4.34. The highest BCUT2D eigenvalue weighted by molar-refractivity contribution is 5.32. The number of hydrogen-bond donors (Lipinski definition) is 2. The van der Waals surface area contributed by atoms with E-state index in [9.17, 15) is 4.39 Å². The van der Waals surface area contributed by atoms with Gasteiger partial charge in [-0.1, -0.05) is 38.1 Å². The van der Waals surface area contributed by atoms with Crippen LogP contribution in [0.1, 0.15) is 36.7 Å². The summed E-state index contributed by atoms with van der Waals surface area (Å²) >= 11 is 0. The molecule has 0 aliphatic carbocycles. The highest BCUT2D eigenvalue weighted by Gasteiger charge is 2.18. The number of aromatic nitrogens is 1. The van der Waals surface area contributed by atoms with Crippen LogP contribution in [0.25, 0.3) is 0 Å². The van der Waals surface area contributed by atoms with Crippen LogP contribution in [-0.4, -0.2) is 4.98 Å². The Balaban J connectivity index is 2.35. The molecule has 0 fully saturated rings. The predicted molar refractivity (Wildman–Crippen MR) is 78.3 cm³/mol. The van der Waals surface area contributed by atoms with Crippen LogP contribution < -0.4 is 11.3 Å². The molecule has 4 heteroatoms. The number of benzene rings is 1. The maximum Gasteiger partial charge on any atom is 0.146 e. The van der Waals surface area contributed by atoms with E-state index in [4.69, 9.17) is 5.84 Å². The minimum Gasteiger partial charge on any atom is -0.271 e. The molecule has 0 bridgehead atoms. The van der Waals surface area contributed by atoms with E-state index >= 15 is 0 Å². The smallest absolute Gasteiger partial charge is 0.146 e. The molecule has 1 aromatic heterocycles. The van der Waals surface area contributed by atoms with Gasteiger partial charge < -0.3 is 0 Å². The van der Waals surface area contributed by atoms with Gasteiger partial charge in [-0.3, -0.25) is 10.8 Å². The van der Waals surface area contributed by atoms with E-state index in [2.05, 4.69) is 36.4 Å². The number of nitrogens with two attached hydrogens (primary N) is 1. The number of nitrogens with one attached hydrogen (secondary N) is 1. The molecule has 0 amide bonds. The monoisotopic (exact) mass is 273 g/mol. The van der Waals surface area contributed by atoms with Gasteiger partial charge in [-0.25, -0.2) is 9.82 Å². The van der Waals surface area contributed by atoms with Gasteiger partial charge in [0.15, 0.2) is 0 Å². The van der Waals surface area contributed by atoms with Crippen molar-refractivity contribution in [2.24, 2.45) is 11.8 Å². The Bertz CT molecular complexity index is 569. The van der Waals surface area contributed by atoms with E-state index in [0.29, 0.717) is 11.6 Å². The summed E-state index contributed by atoms with van der Waals surface area (Å²) in [6.07, 6.45) is 2.55. The van der Waals surface area contributed by atoms with Gasteiger partial charge in [-0.05, 0) is 35.6 Å². The average Bonchev–Trinajstić information content (AvgIpc) is 2.41. The van der Waals surface area contributed by atoms with Crippen LogP contribution in [0.5, 0.6) is 0 Å². The zero-order valence-electron chi connectivity index (χ0n) is 11.8. The number of hydrogen-bond acceptors (Lipinski definition) is 3. The lowest BCUT2D eigenvalue weighted by Crippen LogP contribution is -2.30. The summed E-state index contributed by atoms with van der Waals surface area (Å²) in [5, 5.41) is 0. The molecule has 0 radical (unpaired) electrons. The fourth-order valence-electron chi connectivity index (χ4n) is 2.31. The van der Waals surface area contributed by atoms with Crippen LogP contribution in [-0.2, 0) is 6.42 Å². The molecule has 2 rings (SSSR count). The molecule has 3 N–H and O–H groups in total. The van der Waals surface area contributed by atoms with Crippen molar-refractivity contribution in [2.45, 2.75) is 26.3 Å². The lowest BCUT2D eigenvalue weighted by atomic mass is 9.97. The Hall–Kier alpha value is -1.78. The van der Waals surface area contributed by atoms with E-state index in [1.807, 2.05) is 12.1 Å². The van der Waals surface area contributed by atoms with Gasteiger partial charge in [-0.15, -0.1) is 0 Å². The molecule has 20 heavy (non-hydrogen) atoms. The fourth-order valence-corrected chi connectivity index (χ4v) is 2.31. The summed E-state index contributed by atoms with van der Waals surface area (Å²) in [6, 6.07) is 10.6. The Kier molecular flexibility index (Phi) is 4.82. The second-order valence-corrected chi connectivity index (χ2v) is 5.31. The van der Waals surface area contributed by atoms with E-state index < -0.39 is 6.04 Å². The third kappa shape index (κ3) is 3.40. The third-order valence-electron chi connectivity index (χ3n) is 3.16. The zero-order chi connectivity index (χ0) is 14.5. The van der Waals surface area contributed by atoms with Crippen LogP contribution in [0.4, 0.5) is 4.39 Å². The number of hydrazine groups is 1. The van der Waals surface area contributed by atoms with Crippen molar-refractivity contribution in [3.05, 3.63) is 65.2 Å². The van der Waals surface area contributed by atoms with Gasteiger partial charge in [0.25, 0.3) is 0 Å². The van der Waals surface area contributed by atoms with E-state index in [1.54, 1.807) is 12.3 Å². The molecule has 0 aliphatic rings. The lowest BCUT2D eigenvalue weighted by Gasteiger charge is -2.17. The Labute approximate surface area is 119 Å². The molecule has 106 valence electrons. The second-order valence-electron chi connectivity index (χ2n) is 5.31. The SMILES string of the molecule is CC(C)Cc1cccc(C(NN)c2ncccc2F)c1. The van der Waals surface area contributed by atoms with E-state index in [-0.39, 0.29) is 5.82 Å². The number of halogens is 1. The van der Waals surface area contributed by atoms with Crippen molar-refractivity contribution in [3.63, 3.8) is 0 Å². The molecule has 0 aliphatic heterocycles. The first-order chi connectivity index (χ1) is 9.61. The number of rotatable bonds is 5. The molecule has 1 unspecified atom stereocenters. The minimum atomic E-state index is -0.441. The first-order valence-corrected chi connectivity index (χ1v) is 6.77. The van der Waals surface area contributed by atoms with Crippen molar-refractivity contribution in [1.82, 2.24) is 10.4 Å². The quantitative estimate of drug-likeness (QED) is 0.650. The second kappa shape index (κ2) is 6.59. The molecule has 1 atom stereocenters. The Morgan fingerprint density at radius 3 is 2.70 bits per heavy atom. The van der Waals surface area contributed by atoms with Crippen molar-refractivity contribution < 1.29 is 4.39 Å². The maximum absolute atomic E-state index is 13.9. The van der Waals surface area contributed by atoms with Crippen LogP contribution >= 0.6 is 0 Å². The summed E-state index contributed by atoms with van der Waals surface area (Å²) in [4.78, 5) is 4.10. The molecular formula is C16H20FN3. The molecular weight excluding hydrogens is 253 g/mol. The first kappa shape index (κ1) is 14.6. The van der Waals surface area contributed by atoms with Gasteiger partial charge in [0, 0.05) is 6.20 Å². The van der Waals surface area contributed by atoms with Crippen LogP contribution in [0, 0.1) is 11.7 Å². The summed E-state index contributed by atoms with van der Waals surface area (Å²) in [5.41, 5.74) is 5.11. The molecule has 0 saturated carbocycles. The van der Waals surface area contributed by atoms with Crippen LogP contribution in [0.15, 0.2) is 42.6 Å². The lowest BCUT2D eigenvalue weighted by molar-refractivity contribution is 0.543. The van der Waals surface area contributed by atoms with Gasteiger partial charge in [-0.2, -0.15) is 0 Å². The topological polar surface area (TPSA) is 50.9 Å². The standard InChI is InChI=1S/C16H20FN3/c1-11(2)9-12-5-3-6-13(10-12)15(20-18)16-14(17)7-4-8-19-16/h3-8,10-11,15,20H,9,18H2,1-2H3. The van der Waals surface area contributed by atoms with Crippen LogP contribution in [0.2, 0.25) is 0 Å². The van der Waals surface area contributed by atoms with Gasteiger partial charge >= 0.3 is 0 Å². The maximum atomic E-state index is 13.9. The zero-order valence-corrected chi connectivity index (χ0v) is 11.8. The molecule has 3 nitrogen and oxygen atoms in total. The number of nitrogens with zero attached hydrogens (tertiary/aromatic N) is 1. The van der Waals surface area contributed by atoms with E-state index in [1.165, 1.54) is 11.6 Å². The predicted octanol–water partition coefficient (Wildman–Crippen LogP) is 2.97. The van der Waals surface area contributed by atoms with Crippen molar-refractivity contribution >= 4 is 0 Å². The molecule has 1 aromatic carbocycles. The third-order valence-corrected chi connectivity index (χ3v) is 3.16. The van der Waals surface area contributed by atoms with Crippen molar-refractivity contribution in [1.29, 1.82) is 0 Å². The summed E-state index contributed by atoms with van der Waals surface area (Å²) < 4.78 is 13.9. The van der Waals surface area contributed by atoms with E-state index in [0.717, 1.165) is 12.0 Å². The Morgan fingerprint density at radius 1 is 1.25 bits per heavy atom. The molecule has 0 spiro atoms. The van der Waals surface area contributed by atoms with Crippen LogP contribution in [0.3, 0.4) is 0 Å². The summed E-state index contributed by atoms with van der Waals surface area (Å²) in [5.74, 6) is 5.81. The average molecular weight is 273 g/mol. The van der Waals surface area contributed by atoms with Crippen molar-refractivity contribution in [2.75, 3.05) is 0 Å². The van der Waals surface area contributed by atoms with Gasteiger partial charge in [0.05, 0.1) is 11.7 Å². The van der Waals surface area contributed by atoms with Gasteiger partial charge in [0.2, 0.25) is 0 Å². The minimum absolute atomic E-state index is 0.316.